The van der Waals surface area contributed by atoms with E-state index < -0.39 is 25.5 Å². The lowest BCUT2D eigenvalue weighted by atomic mass is 10.4. The number of hydrogen-bond acceptors (Lipinski definition) is 6. The van der Waals surface area contributed by atoms with Crippen molar-refractivity contribution >= 4 is 11.9 Å². The van der Waals surface area contributed by atoms with Gasteiger partial charge in [-0.25, -0.2) is 4.79 Å². The van der Waals surface area contributed by atoms with E-state index in [1.54, 1.807) is 0 Å². The number of ether oxygens (including phenoxy) is 2. The molecule has 248 valence electrons. The number of aliphatic hydroxyl groups is 2. The molecular weight excluding hydrogens is 530 g/mol. The molecular formula is C35H67NO6. The summed E-state index contributed by atoms with van der Waals surface area (Å²) in [7, 11) is 0. The molecule has 1 atom stereocenters. The van der Waals surface area contributed by atoms with Gasteiger partial charge in [0, 0.05) is 91.5 Å². The van der Waals surface area contributed by atoms with Gasteiger partial charge in [0.1, 0.15) is 12.9 Å². The van der Waals surface area contributed by atoms with Crippen molar-refractivity contribution in [2.24, 2.45) is 0 Å². The minimum absolute atomic E-state index is 0. The van der Waals surface area contributed by atoms with E-state index in [4.69, 9.17) is 27.8 Å². The minimum atomic E-state index is -0.909. The first kappa shape index (κ1) is 36.8. The largest absolute Gasteiger partial charge is 0.448 e. The molecule has 1 amide bonds. The lowest BCUT2D eigenvalue weighted by molar-refractivity contribution is -0.150. The highest BCUT2D eigenvalue weighted by atomic mass is 16.6. The predicted molar refractivity (Wildman–Crippen MR) is 210 cm³/mol. The molecule has 7 heteroatoms. The normalized spacial score (nSPS) is 6.50. The fourth-order valence-corrected chi connectivity index (χ4v) is 1.36. The Morgan fingerprint density at radius 2 is 1.05 bits per heavy atom. The zero-order chi connectivity index (χ0) is 31.4. The second kappa shape index (κ2) is 31.7. The zero-order valence-corrected chi connectivity index (χ0v) is 21.9. The maximum Gasteiger partial charge on any atom is 0.385 e. The molecule has 0 heterocycles. The smallest absolute Gasteiger partial charge is 0.385 e. The molecule has 0 saturated heterocycles. The number of hydrogen-bond donors (Lipinski definition) is 3. The van der Waals surface area contributed by atoms with Crippen molar-refractivity contribution in [3.63, 3.8) is 0 Å². The van der Waals surface area contributed by atoms with E-state index >= 15 is 0 Å². The van der Waals surface area contributed by atoms with Crippen LogP contribution >= 0.6 is 0 Å². The summed E-state index contributed by atoms with van der Waals surface area (Å²) < 4.78 is 9.33. The maximum absolute atomic E-state index is 11.3. The van der Waals surface area contributed by atoms with Gasteiger partial charge in [0.25, 0.3) is 0 Å². The maximum atomic E-state index is 11.3. The Balaban J connectivity index is -0.0000000133. The van der Waals surface area contributed by atoms with Gasteiger partial charge in [-0.3, -0.25) is 10.1 Å². The zero-order valence-electron chi connectivity index (χ0n) is 21.9. The monoisotopic (exact) mass is 597 g/mol. The molecule has 3 N–H and O–H groups in total. The molecule has 0 radical (unpaired) electrons. The van der Waals surface area contributed by atoms with Gasteiger partial charge in [-0.15, -0.1) is 12.8 Å². The van der Waals surface area contributed by atoms with Crippen LogP contribution in [0.3, 0.4) is 0 Å². The van der Waals surface area contributed by atoms with Crippen molar-refractivity contribution in [3.8, 4) is 167 Å². The molecule has 0 spiro atoms. The SMILES string of the molecule is C#CC#CC#CC#CC#CC#CC#CC(=O)O[C@H](CO)COCO.C#CC#CC#CC#CC#CC#CC#CNC(C)=O.[HH].[HH].[HH].[HH].[HH].[HH].[HH].[HH].[HH].[HH].[HH].[HH].[HH].[HH].[HH].[HH].[HH].[HH].[HH].[HH].[HH].[HH].[HH].[HH].[HH].[HH]. The third-order valence-electron chi connectivity index (χ3n) is 2.73. The van der Waals surface area contributed by atoms with Crippen LogP contribution in [0.25, 0.3) is 0 Å². The Labute approximate surface area is 284 Å². The fourth-order valence-electron chi connectivity index (χ4n) is 1.36. The van der Waals surface area contributed by atoms with Crippen molar-refractivity contribution in [2.75, 3.05) is 20.0 Å². The van der Waals surface area contributed by atoms with Crippen molar-refractivity contribution < 1.29 is 66.4 Å². The van der Waals surface area contributed by atoms with Crippen LogP contribution < -0.4 is 5.32 Å². The molecule has 0 unspecified atom stereocenters. The molecule has 0 aliphatic heterocycles. The molecule has 0 aliphatic carbocycles. The van der Waals surface area contributed by atoms with Gasteiger partial charge in [-0.05, 0) is 107 Å². The average Bonchev–Trinajstić information content (AvgIpc) is 2.98. The van der Waals surface area contributed by atoms with E-state index in [9.17, 15) is 9.59 Å². The standard InChI is InChI=1S/C19H10O5.C16H5NO.26H2/c1-2-3-4-5-6-7-8-9-10-11-12-13-14-19(22)24-18(15-20)16-23-17-21;1-3-4-5-6-7-8-9-10-11-12-13-14-15-17-16(2)18;;;;;;;;;;;;;;;;;;;;;;;;;;/h1,18,20-21H,15-17H2;1H,2H3,(H,17,18);26*1H/t18-;;;;;;;;;;;;;;;;;;;;;;;;;;;/m1.........................../s1. The van der Waals surface area contributed by atoms with Crippen molar-refractivity contribution in [3.05, 3.63) is 0 Å². The lowest BCUT2D eigenvalue weighted by Crippen LogP contribution is -2.26. The van der Waals surface area contributed by atoms with Crippen LogP contribution in [-0.2, 0) is 19.1 Å². The van der Waals surface area contributed by atoms with Gasteiger partial charge >= 0.3 is 5.97 Å². The predicted octanol–water partition coefficient (Wildman–Crippen LogP) is 4.64. The van der Waals surface area contributed by atoms with Gasteiger partial charge in [0.15, 0.2) is 0 Å². The lowest BCUT2D eigenvalue weighted by Gasteiger charge is -2.12. The second-order valence-electron chi connectivity index (χ2n) is 5.68. The Kier molecular flexibility index (Phi) is 27.8. The second-order valence-corrected chi connectivity index (χ2v) is 5.68. The van der Waals surface area contributed by atoms with Crippen LogP contribution in [0.4, 0.5) is 0 Å². The molecule has 0 fully saturated rings. The van der Waals surface area contributed by atoms with Gasteiger partial charge in [0.05, 0.1) is 13.2 Å². The Hall–Kier alpha value is -7.34. The molecule has 42 heavy (non-hydrogen) atoms. The topological polar surface area (TPSA) is 105 Å². The first-order valence-electron chi connectivity index (χ1n) is 10.7. The van der Waals surface area contributed by atoms with E-state index in [1.807, 2.05) is 0 Å². The van der Waals surface area contributed by atoms with Crippen molar-refractivity contribution in [2.45, 2.75) is 13.0 Å². The van der Waals surface area contributed by atoms with E-state index in [0.717, 1.165) is 0 Å². The molecule has 0 aliphatic rings. The van der Waals surface area contributed by atoms with E-state index in [2.05, 4.69) is 164 Å². The fraction of sp³-hybridized carbons (Fsp3) is 0.143. The highest BCUT2D eigenvalue weighted by Gasteiger charge is 2.11. The highest BCUT2D eigenvalue weighted by molar-refractivity contribution is 5.89. The van der Waals surface area contributed by atoms with Crippen LogP contribution in [0.15, 0.2) is 0 Å². The van der Waals surface area contributed by atoms with Crippen LogP contribution in [0, 0.1) is 167 Å². The molecule has 0 aromatic heterocycles. The summed E-state index contributed by atoms with van der Waals surface area (Å²) in [5.74, 6) is 57.7. The Bertz CT molecular complexity index is 1910. The van der Waals surface area contributed by atoms with Crippen LogP contribution in [0.5, 0.6) is 0 Å². The first-order valence-corrected chi connectivity index (χ1v) is 10.7. The highest BCUT2D eigenvalue weighted by Crippen LogP contribution is 1.92. The van der Waals surface area contributed by atoms with E-state index in [1.165, 1.54) is 6.92 Å². The van der Waals surface area contributed by atoms with Gasteiger partial charge in [0.2, 0.25) is 5.91 Å². The minimum Gasteiger partial charge on any atom is -0.448 e. The average molecular weight is 598 g/mol. The van der Waals surface area contributed by atoms with Crippen LogP contribution in [0.1, 0.15) is 44.0 Å². The summed E-state index contributed by atoms with van der Waals surface area (Å²) >= 11 is 0. The third kappa shape index (κ3) is 32.7. The molecule has 7 nitrogen and oxygen atoms in total. The Morgan fingerprint density at radius 3 is 1.40 bits per heavy atom. The summed E-state index contributed by atoms with van der Waals surface area (Å²) in [4.78, 5) is 21.7. The summed E-state index contributed by atoms with van der Waals surface area (Å²) in [6.07, 6.45) is 8.85. The summed E-state index contributed by atoms with van der Waals surface area (Å²) in [6, 6.07) is 2.33. The van der Waals surface area contributed by atoms with Gasteiger partial charge in [-0.1, -0.05) is 0 Å². The summed E-state index contributed by atoms with van der Waals surface area (Å²) in [5, 5.41) is 19.6. The van der Waals surface area contributed by atoms with E-state index in [0.29, 0.717) is 0 Å². The summed E-state index contributed by atoms with van der Waals surface area (Å²) in [5.41, 5.74) is 0. The first-order chi connectivity index (χ1) is 20.5. The number of carbonyl (C=O) groups excluding carboxylic acids is 2. The number of rotatable bonds is 5. The third-order valence-corrected chi connectivity index (χ3v) is 2.73. The number of terminal acetylenes is 2. The summed E-state index contributed by atoms with van der Waals surface area (Å²) in [6.45, 7) is 0.205. The van der Waals surface area contributed by atoms with Crippen molar-refractivity contribution in [1.82, 2.24) is 5.32 Å². The molecule has 0 aromatic rings. The van der Waals surface area contributed by atoms with Gasteiger partial charge in [-0.2, -0.15) is 0 Å². The molecule has 0 saturated carbocycles. The number of amides is 1. The number of carbonyl (C=O) groups is 2. The quantitative estimate of drug-likeness (QED) is 0.140. The number of nitrogens with one attached hydrogen (secondary N) is 1. The molecule has 0 bridgehead atoms. The van der Waals surface area contributed by atoms with Crippen molar-refractivity contribution in [1.29, 1.82) is 0 Å². The van der Waals surface area contributed by atoms with E-state index in [-0.39, 0.29) is 49.6 Å². The van der Waals surface area contributed by atoms with Crippen LogP contribution in [0.2, 0.25) is 0 Å². The molecule has 0 rings (SSSR count). The number of aliphatic hydroxyl groups excluding tert-OH is 2. The van der Waals surface area contributed by atoms with Gasteiger partial charge < -0.3 is 19.7 Å². The Morgan fingerprint density at radius 1 is 0.667 bits per heavy atom. The number of esters is 1. The van der Waals surface area contributed by atoms with Crippen LogP contribution in [-0.4, -0.2) is 48.2 Å². The molecule has 0 aromatic carbocycles.